The molecule has 0 saturated heterocycles. The summed E-state index contributed by atoms with van der Waals surface area (Å²) in [5, 5.41) is 9.50. The van der Waals surface area contributed by atoms with Crippen LogP contribution in [0.25, 0.3) is 11.1 Å². The Morgan fingerprint density at radius 1 is 1.00 bits per heavy atom. The van der Waals surface area contributed by atoms with E-state index < -0.39 is 18.1 Å². The monoisotopic (exact) mass is 381 g/mol. The van der Waals surface area contributed by atoms with E-state index in [0.29, 0.717) is 12.3 Å². The minimum absolute atomic E-state index is 0.0382. The molecule has 0 unspecified atom stereocenters. The first-order valence-corrected chi connectivity index (χ1v) is 9.70. The summed E-state index contributed by atoms with van der Waals surface area (Å²) < 4.78 is 5.56. The average Bonchev–Trinajstić information content (AvgIpc) is 2.99. The number of rotatable bonds is 7. The number of carbonyl (C=O) groups is 2. The highest BCUT2D eigenvalue weighted by Gasteiger charge is 2.31. The Morgan fingerprint density at radius 2 is 1.54 bits per heavy atom. The smallest absolute Gasteiger partial charge is 0.410 e. The summed E-state index contributed by atoms with van der Waals surface area (Å²) in [4.78, 5) is 25.4. The zero-order chi connectivity index (χ0) is 20.3. The molecule has 5 heteroatoms. The molecule has 1 N–H and O–H groups in total. The number of fused-ring (bicyclic) bond motifs is 3. The number of hydrogen-bond donors (Lipinski definition) is 1. The highest BCUT2D eigenvalue weighted by Crippen LogP contribution is 2.44. The van der Waals surface area contributed by atoms with Gasteiger partial charge in [0.25, 0.3) is 0 Å². The fraction of sp³-hybridized carbons (Fsp3) is 0.391. The summed E-state index contributed by atoms with van der Waals surface area (Å²) in [6, 6.07) is 15.4. The van der Waals surface area contributed by atoms with Crippen molar-refractivity contribution in [3.8, 4) is 11.1 Å². The molecule has 3 rings (SSSR count). The molecule has 0 aromatic heterocycles. The zero-order valence-electron chi connectivity index (χ0n) is 16.6. The second-order valence-electron chi connectivity index (χ2n) is 7.74. The van der Waals surface area contributed by atoms with Crippen molar-refractivity contribution in [2.45, 2.75) is 38.6 Å². The molecule has 0 radical (unpaired) electrons. The lowest BCUT2D eigenvalue weighted by atomic mass is 9.98. The number of carboxylic acids is 1. The van der Waals surface area contributed by atoms with Crippen LogP contribution in [0.1, 0.15) is 43.7 Å². The maximum Gasteiger partial charge on any atom is 0.410 e. The number of nitrogens with zero attached hydrogens (tertiary/aromatic N) is 1. The van der Waals surface area contributed by atoms with E-state index in [2.05, 4.69) is 24.3 Å². The van der Waals surface area contributed by atoms with Gasteiger partial charge in [0.1, 0.15) is 12.6 Å². The van der Waals surface area contributed by atoms with Crippen molar-refractivity contribution < 1.29 is 19.4 Å². The Balaban J connectivity index is 1.71. The third-order valence-corrected chi connectivity index (χ3v) is 5.39. The summed E-state index contributed by atoms with van der Waals surface area (Å²) in [7, 11) is 1.50. The van der Waals surface area contributed by atoms with Crippen molar-refractivity contribution in [3.63, 3.8) is 0 Å². The second-order valence-corrected chi connectivity index (χ2v) is 7.74. The molecule has 0 saturated carbocycles. The number of ether oxygens (including phenoxy) is 1. The van der Waals surface area contributed by atoms with Gasteiger partial charge in [-0.15, -0.1) is 0 Å². The maximum atomic E-state index is 12.6. The summed E-state index contributed by atoms with van der Waals surface area (Å²) in [6.45, 7) is 4.26. The summed E-state index contributed by atoms with van der Waals surface area (Å²) in [5.41, 5.74) is 4.59. The number of hydrogen-bond acceptors (Lipinski definition) is 3. The Kier molecular flexibility index (Phi) is 6.02. The van der Waals surface area contributed by atoms with Crippen LogP contribution in [0.4, 0.5) is 4.79 Å². The van der Waals surface area contributed by atoms with Gasteiger partial charge in [0, 0.05) is 13.0 Å². The number of benzene rings is 2. The largest absolute Gasteiger partial charge is 0.480 e. The van der Waals surface area contributed by atoms with E-state index in [1.54, 1.807) is 0 Å². The minimum atomic E-state index is -1.00. The second kappa shape index (κ2) is 8.46. The standard InChI is InChI=1S/C23H27NO4/c1-15(2)12-13-21(22(25)26)24(3)23(27)28-14-20-18-10-6-4-8-16(18)17-9-5-7-11-19(17)20/h4-11,15,20-21H,12-14H2,1-3H3,(H,25,26)/t21-/m0/s1. The van der Waals surface area contributed by atoms with Crippen LogP contribution >= 0.6 is 0 Å². The Labute approximate surface area is 165 Å². The van der Waals surface area contributed by atoms with E-state index in [1.165, 1.54) is 11.9 Å². The molecule has 28 heavy (non-hydrogen) atoms. The van der Waals surface area contributed by atoms with Gasteiger partial charge in [-0.05, 0) is 41.0 Å². The van der Waals surface area contributed by atoms with Gasteiger partial charge in [0.15, 0.2) is 0 Å². The van der Waals surface area contributed by atoms with Gasteiger partial charge >= 0.3 is 12.1 Å². The van der Waals surface area contributed by atoms with E-state index in [1.807, 2.05) is 38.1 Å². The van der Waals surface area contributed by atoms with Crippen LogP contribution in [0.3, 0.4) is 0 Å². The van der Waals surface area contributed by atoms with Crippen LogP contribution in [0.2, 0.25) is 0 Å². The lowest BCUT2D eigenvalue weighted by molar-refractivity contribution is -0.142. The first-order chi connectivity index (χ1) is 13.4. The van der Waals surface area contributed by atoms with E-state index in [0.717, 1.165) is 28.7 Å². The van der Waals surface area contributed by atoms with Gasteiger partial charge in [-0.25, -0.2) is 9.59 Å². The third kappa shape index (κ3) is 4.03. The molecular weight excluding hydrogens is 354 g/mol. The maximum absolute atomic E-state index is 12.6. The molecule has 1 atom stereocenters. The quantitative estimate of drug-likeness (QED) is 0.751. The fourth-order valence-electron chi connectivity index (χ4n) is 3.80. The molecule has 2 aromatic rings. The first-order valence-electron chi connectivity index (χ1n) is 9.70. The van der Waals surface area contributed by atoms with E-state index >= 15 is 0 Å². The molecule has 1 aliphatic carbocycles. The predicted octanol–water partition coefficient (Wildman–Crippen LogP) is 4.76. The van der Waals surface area contributed by atoms with Gasteiger partial charge in [-0.1, -0.05) is 62.4 Å². The number of carboxylic acid groups (broad SMARTS) is 1. The average molecular weight is 381 g/mol. The molecule has 1 amide bonds. The van der Waals surface area contributed by atoms with Gasteiger partial charge in [-0.3, -0.25) is 4.90 Å². The van der Waals surface area contributed by atoms with Gasteiger partial charge in [-0.2, -0.15) is 0 Å². The molecule has 1 aliphatic rings. The first kappa shape index (κ1) is 19.9. The number of amides is 1. The van der Waals surface area contributed by atoms with Crippen LogP contribution < -0.4 is 0 Å². The fourth-order valence-corrected chi connectivity index (χ4v) is 3.80. The van der Waals surface area contributed by atoms with Gasteiger partial charge in [0.05, 0.1) is 0 Å². The Bertz CT molecular complexity index is 816. The van der Waals surface area contributed by atoms with Gasteiger partial charge in [0.2, 0.25) is 0 Å². The van der Waals surface area contributed by atoms with Crippen molar-refractivity contribution in [3.05, 3.63) is 59.7 Å². The molecule has 0 fully saturated rings. The molecule has 2 aromatic carbocycles. The molecular formula is C23H27NO4. The molecule has 0 heterocycles. The van der Waals surface area contributed by atoms with E-state index in [-0.39, 0.29) is 12.5 Å². The van der Waals surface area contributed by atoms with E-state index in [9.17, 15) is 14.7 Å². The van der Waals surface area contributed by atoms with Crippen molar-refractivity contribution in [1.82, 2.24) is 4.90 Å². The molecule has 5 nitrogen and oxygen atoms in total. The van der Waals surface area contributed by atoms with Crippen LogP contribution in [0, 0.1) is 5.92 Å². The SMILES string of the molecule is CC(C)CC[C@@H](C(=O)O)N(C)C(=O)OCC1c2ccccc2-c2ccccc21. The highest BCUT2D eigenvalue weighted by molar-refractivity contribution is 5.81. The summed E-state index contributed by atoms with van der Waals surface area (Å²) in [6.07, 6.45) is 0.545. The van der Waals surface area contributed by atoms with Crippen molar-refractivity contribution in [1.29, 1.82) is 0 Å². The van der Waals surface area contributed by atoms with Crippen LogP contribution in [0.5, 0.6) is 0 Å². The van der Waals surface area contributed by atoms with Crippen molar-refractivity contribution in [2.24, 2.45) is 5.92 Å². The highest BCUT2D eigenvalue weighted by atomic mass is 16.6. The lowest BCUT2D eigenvalue weighted by Crippen LogP contribution is -2.43. The van der Waals surface area contributed by atoms with Crippen LogP contribution in [0.15, 0.2) is 48.5 Å². The summed E-state index contributed by atoms with van der Waals surface area (Å²) >= 11 is 0. The molecule has 0 aliphatic heterocycles. The normalized spacial score (nSPS) is 13.7. The van der Waals surface area contributed by atoms with E-state index in [4.69, 9.17) is 4.74 Å². The van der Waals surface area contributed by atoms with Crippen LogP contribution in [-0.2, 0) is 9.53 Å². The number of carbonyl (C=O) groups excluding carboxylic acids is 1. The molecule has 148 valence electrons. The minimum Gasteiger partial charge on any atom is -0.480 e. The van der Waals surface area contributed by atoms with Crippen molar-refractivity contribution >= 4 is 12.1 Å². The van der Waals surface area contributed by atoms with Crippen LogP contribution in [-0.4, -0.2) is 41.8 Å². The third-order valence-electron chi connectivity index (χ3n) is 5.39. The molecule has 0 bridgehead atoms. The Morgan fingerprint density at radius 3 is 2.04 bits per heavy atom. The number of aliphatic carboxylic acids is 1. The predicted molar refractivity (Wildman–Crippen MR) is 108 cm³/mol. The summed E-state index contributed by atoms with van der Waals surface area (Å²) in [5.74, 6) is -0.668. The Hall–Kier alpha value is -2.82. The number of likely N-dealkylation sites (N-methyl/N-ethyl adjacent to an activating group) is 1. The zero-order valence-corrected chi connectivity index (χ0v) is 16.6. The van der Waals surface area contributed by atoms with Crippen molar-refractivity contribution in [2.75, 3.05) is 13.7 Å². The van der Waals surface area contributed by atoms with Gasteiger partial charge < -0.3 is 9.84 Å². The lowest BCUT2D eigenvalue weighted by Gasteiger charge is -2.25. The molecule has 0 spiro atoms. The topological polar surface area (TPSA) is 66.8 Å².